The van der Waals surface area contributed by atoms with Gasteiger partial charge in [0.15, 0.2) is 0 Å². The molecule has 3 N–H and O–H groups in total. The summed E-state index contributed by atoms with van der Waals surface area (Å²) >= 11 is 3.02. The van der Waals surface area contributed by atoms with Crippen LogP contribution in [0.2, 0.25) is 0 Å². The molecule has 0 atom stereocenters. The highest BCUT2D eigenvalue weighted by Gasteiger charge is 2.15. The second kappa shape index (κ2) is 5.80. The molecule has 0 saturated heterocycles. The first kappa shape index (κ1) is 14.2. The average Bonchev–Trinajstić information content (AvgIpc) is 2.43. The lowest BCUT2D eigenvalue weighted by Crippen LogP contribution is -2.14. The number of hydrogen-bond acceptors (Lipinski definition) is 6. The average molecular weight is 340 g/mol. The Bertz CT molecular complexity index is 698. The van der Waals surface area contributed by atoms with E-state index < -0.39 is 16.0 Å². The van der Waals surface area contributed by atoms with Crippen LogP contribution < -0.4 is 16.7 Å². The zero-order chi connectivity index (χ0) is 14.7. The highest BCUT2D eigenvalue weighted by molar-refractivity contribution is 9.10. The molecular formula is C11H10BrN5O3. The number of hydrogen-bond donors (Lipinski definition) is 2. The molecule has 2 heterocycles. The topological polar surface area (TPSA) is 116 Å². The van der Waals surface area contributed by atoms with Gasteiger partial charge in [0.1, 0.15) is 5.82 Å². The number of nitro groups is 1. The fraction of sp³-hybridized carbons (Fsp3) is 0.0909. The van der Waals surface area contributed by atoms with Gasteiger partial charge in [-0.1, -0.05) is 6.07 Å². The van der Waals surface area contributed by atoms with Gasteiger partial charge in [0.05, 0.1) is 15.6 Å². The SMILES string of the molecule is NNc1ccc(Cn2cc(Br)c(=O)c([N+](=O)[O-])c2)cn1. The van der Waals surface area contributed by atoms with E-state index in [9.17, 15) is 14.9 Å². The minimum absolute atomic E-state index is 0.139. The summed E-state index contributed by atoms with van der Waals surface area (Å²) in [6.45, 7) is 0.345. The number of rotatable bonds is 4. The third kappa shape index (κ3) is 3.00. The Kier molecular flexibility index (Phi) is 4.11. The third-order valence-electron chi connectivity index (χ3n) is 2.55. The summed E-state index contributed by atoms with van der Waals surface area (Å²) in [6, 6.07) is 3.46. The highest BCUT2D eigenvalue weighted by Crippen LogP contribution is 2.13. The van der Waals surface area contributed by atoms with Crippen LogP contribution in [0.5, 0.6) is 0 Å². The summed E-state index contributed by atoms with van der Waals surface area (Å²) in [6.07, 6.45) is 4.28. The predicted molar refractivity (Wildman–Crippen MR) is 76.2 cm³/mol. The number of nitrogens with zero attached hydrogens (tertiary/aromatic N) is 3. The number of nitrogens with two attached hydrogens (primary N) is 1. The van der Waals surface area contributed by atoms with Crippen molar-refractivity contribution in [3.05, 3.63) is 61.1 Å². The fourth-order valence-electron chi connectivity index (χ4n) is 1.62. The van der Waals surface area contributed by atoms with Gasteiger partial charge in [0, 0.05) is 18.9 Å². The summed E-state index contributed by atoms with van der Waals surface area (Å²) in [5, 5.41) is 10.8. The number of anilines is 1. The Morgan fingerprint density at radius 1 is 1.45 bits per heavy atom. The summed E-state index contributed by atoms with van der Waals surface area (Å²) < 4.78 is 1.68. The molecule has 104 valence electrons. The van der Waals surface area contributed by atoms with Crippen molar-refractivity contribution in [3.63, 3.8) is 0 Å². The van der Waals surface area contributed by atoms with Crippen molar-refractivity contribution in [2.24, 2.45) is 5.84 Å². The van der Waals surface area contributed by atoms with Crippen LogP contribution in [0.4, 0.5) is 11.5 Å². The molecule has 2 aromatic rings. The van der Waals surface area contributed by atoms with Crippen LogP contribution in [-0.2, 0) is 6.54 Å². The fourth-order valence-corrected chi connectivity index (χ4v) is 2.08. The summed E-state index contributed by atoms with van der Waals surface area (Å²) in [7, 11) is 0. The highest BCUT2D eigenvalue weighted by atomic mass is 79.9. The number of aromatic nitrogens is 2. The first-order chi connectivity index (χ1) is 9.51. The largest absolute Gasteiger partial charge is 0.342 e. The van der Waals surface area contributed by atoms with Crippen LogP contribution in [0.1, 0.15) is 5.56 Å². The Morgan fingerprint density at radius 2 is 2.20 bits per heavy atom. The minimum atomic E-state index is -0.705. The Labute approximate surface area is 121 Å². The third-order valence-corrected chi connectivity index (χ3v) is 3.12. The molecule has 0 aromatic carbocycles. The number of halogens is 1. The molecule has 0 aliphatic carbocycles. The van der Waals surface area contributed by atoms with E-state index in [4.69, 9.17) is 5.84 Å². The molecule has 9 heteroatoms. The molecule has 20 heavy (non-hydrogen) atoms. The van der Waals surface area contributed by atoms with Crippen molar-refractivity contribution >= 4 is 27.4 Å². The van der Waals surface area contributed by atoms with E-state index in [1.54, 1.807) is 18.3 Å². The van der Waals surface area contributed by atoms with E-state index in [1.165, 1.54) is 17.0 Å². The summed E-state index contributed by atoms with van der Waals surface area (Å²) in [5.74, 6) is 5.72. The van der Waals surface area contributed by atoms with Gasteiger partial charge in [-0.05, 0) is 27.6 Å². The zero-order valence-electron chi connectivity index (χ0n) is 10.1. The second-order valence-corrected chi connectivity index (χ2v) is 4.80. The predicted octanol–water partition coefficient (Wildman–Crippen LogP) is 1.25. The minimum Gasteiger partial charge on any atom is -0.342 e. The molecule has 0 unspecified atom stereocenters. The van der Waals surface area contributed by atoms with Crippen LogP contribution in [0.15, 0.2) is 40.0 Å². The number of hydrazine groups is 1. The Morgan fingerprint density at radius 3 is 2.75 bits per heavy atom. The van der Waals surface area contributed by atoms with E-state index in [0.717, 1.165) is 5.56 Å². The van der Waals surface area contributed by atoms with Crippen LogP contribution in [0, 0.1) is 10.1 Å². The Balaban J connectivity index is 2.33. The van der Waals surface area contributed by atoms with E-state index in [0.29, 0.717) is 12.4 Å². The van der Waals surface area contributed by atoms with Gasteiger partial charge in [-0.25, -0.2) is 10.8 Å². The van der Waals surface area contributed by atoms with Crippen LogP contribution in [0.3, 0.4) is 0 Å². The molecule has 0 aliphatic rings. The van der Waals surface area contributed by atoms with Crippen molar-refractivity contribution in [2.45, 2.75) is 6.54 Å². The Hall–Kier alpha value is -2.26. The van der Waals surface area contributed by atoms with Crippen molar-refractivity contribution in [1.82, 2.24) is 9.55 Å². The van der Waals surface area contributed by atoms with Gasteiger partial charge in [-0.2, -0.15) is 0 Å². The van der Waals surface area contributed by atoms with Gasteiger partial charge in [-0.15, -0.1) is 0 Å². The van der Waals surface area contributed by atoms with Gasteiger partial charge in [-0.3, -0.25) is 14.9 Å². The van der Waals surface area contributed by atoms with Gasteiger partial charge < -0.3 is 9.99 Å². The quantitative estimate of drug-likeness (QED) is 0.492. The standard InChI is InChI=1S/C11H10BrN5O3/c12-8-5-16(6-9(11(8)18)17(19)20)4-7-1-2-10(15-13)14-3-7/h1-3,5-6H,4,13H2,(H,14,15). The molecule has 0 radical (unpaired) electrons. The first-order valence-corrected chi connectivity index (χ1v) is 6.26. The molecule has 8 nitrogen and oxygen atoms in total. The van der Waals surface area contributed by atoms with E-state index in [-0.39, 0.29) is 4.47 Å². The van der Waals surface area contributed by atoms with Crippen molar-refractivity contribution in [2.75, 3.05) is 5.43 Å². The maximum atomic E-state index is 11.6. The van der Waals surface area contributed by atoms with Crippen LogP contribution in [-0.4, -0.2) is 14.5 Å². The monoisotopic (exact) mass is 339 g/mol. The molecule has 0 spiro atoms. The lowest BCUT2D eigenvalue weighted by molar-refractivity contribution is -0.386. The molecule has 0 amide bonds. The van der Waals surface area contributed by atoms with E-state index >= 15 is 0 Å². The van der Waals surface area contributed by atoms with E-state index in [2.05, 4.69) is 26.3 Å². The molecule has 0 bridgehead atoms. The number of nitrogen functional groups attached to an aromatic ring is 1. The zero-order valence-corrected chi connectivity index (χ0v) is 11.7. The van der Waals surface area contributed by atoms with Crippen LogP contribution >= 0.6 is 15.9 Å². The summed E-state index contributed by atoms with van der Waals surface area (Å²) in [4.78, 5) is 25.7. The molecule has 2 rings (SSSR count). The van der Waals surface area contributed by atoms with Crippen LogP contribution in [0.25, 0.3) is 0 Å². The molecule has 2 aromatic heterocycles. The normalized spacial score (nSPS) is 10.3. The number of nitrogens with one attached hydrogen (secondary N) is 1. The molecular weight excluding hydrogens is 330 g/mol. The molecule has 0 saturated carbocycles. The van der Waals surface area contributed by atoms with Crippen molar-refractivity contribution < 1.29 is 4.92 Å². The van der Waals surface area contributed by atoms with Gasteiger partial charge in [0.25, 0.3) is 5.43 Å². The smallest absolute Gasteiger partial charge is 0.333 e. The number of pyridine rings is 2. The molecule has 0 aliphatic heterocycles. The maximum absolute atomic E-state index is 11.6. The van der Waals surface area contributed by atoms with Gasteiger partial charge >= 0.3 is 5.69 Å². The lowest BCUT2D eigenvalue weighted by Gasteiger charge is -2.07. The van der Waals surface area contributed by atoms with Crippen molar-refractivity contribution in [3.8, 4) is 0 Å². The maximum Gasteiger partial charge on any atom is 0.333 e. The first-order valence-electron chi connectivity index (χ1n) is 5.47. The molecule has 0 fully saturated rings. The lowest BCUT2D eigenvalue weighted by atomic mass is 10.2. The summed E-state index contributed by atoms with van der Waals surface area (Å²) in [5.41, 5.74) is 2.09. The van der Waals surface area contributed by atoms with E-state index in [1.807, 2.05) is 0 Å². The second-order valence-electron chi connectivity index (χ2n) is 3.95. The van der Waals surface area contributed by atoms with Gasteiger partial charge in [0.2, 0.25) is 0 Å². The van der Waals surface area contributed by atoms with Crippen molar-refractivity contribution in [1.29, 1.82) is 0 Å².